The maximum absolute atomic E-state index is 6.36. The minimum atomic E-state index is 0.0216. The standard InChI is InChI=1S/C12H23ClSi/c1-4-7-8-9-10-11(13)12(14,5-2)6-3/h5-6,11H,2-4,7-10H2,1,14H3. The third-order valence-electron chi connectivity index (χ3n) is 2.87. The molecule has 0 N–H and O–H groups in total. The second-order valence-corrected chi connectivity index (χ2v) is 6.35. The average Bonchev–Trinajstić information content (AvgIpc) is 2.22. The molecule has 14 heavy (non-hydrogen) atoms. The molecule has 0 rings (SSSR count). The van der Waals surface area contributed by atoms with Crippen molar-refractivity contribution in [3.63, 3.8) is 0 Å². The Morgan fingerprint density at radius 2 is 1.86 bits per heavy atom. The highest BCUT2D eigenvalue weighted by Crippen LogP contribution is 2.36. The van der Waals surface area contributed by atoms with Gasteiger partial charge in [0, 0.05) is 20.7 Å². The van der Waals surface area contributed by atoms with Crippen LogP contribution in [-0.2, 0) is 0 Å². The first-order chi connectivity index (χ1) is 6.60. The summed E-state index contributed by atoms with van der Waals surface area (Å²) in [7, 11) is 1.00. The van der Waals surface area contributed by atoms with Crippen LogP contribution in [0.25, 0.3) is 0 Å². The first-order valence-electron chi connectivity index (χ1n) is 5.52. The molecular weight excluding hydrogens is 208 g/mol. The lowest BCUT2D eigenvalue weighted by Gasteiger charge is -2.27. The molecule has 0 amide bonds. The minimum absolute atomic E-state index is 0.0216. The molecule has 0 aliphatic carbocycles. The van der Waals surface area contributed by atoms with Crippen LogP contribution in [0, 0.1) is 0 Å². The van der Waals surface area contributed by atoms with Crippen LogP contribution in [0.5, 0.6) is 0 Å². The maximum Gasteiger partial charge on any atom is 0.0426 e. The molecule has 1 atom stereocenters. The van der Waals surface area contributed by atoms with Crippen molar-refractivity contribution < 1.29 is 0 Å². The van der Waals surface area contributed by atoms with Gasteiger partial charge in [-0.25, -0.2) is 0 Å². The molecule has 0 saturated heterocycles. The third kappa shape index (κ3) is 4.47. The largest absolute Gasteiger partial charge is 0.122 e. The van der Waals surface area contributed by atoms with Crippen molar-refractivity contribution in [2.45, 2.75) is 49.4 Å². The zero-order chi connectivity index (χ0) is 11.0. The first-order valence-corrected chi connectivity index (χ1v) is 6.95. The Balaban J connectivity index is 3.87. The molecule has 82 valence electrons. The lowest BCUT2D eigenvalue weighted by Crippen LogP contribution is -2.19. The molecule has 0 nitrogen and oxygen atoms in total. The molecule has 0 fully saturated rings. The predicted molar refractivity (Wildman–Crippen MR) is 71.4 cm³/mol. The fourth-order valence-electron chi connectivity index (χ4n) is 1.40. The van der Waals surface area contributed by atoms with Crippen LogP contribution in [0.3, 0.4) is 0 Å². The molecule has 0 saturated carbocycles. The summed E-state index contributed by atoms with van der Waals surface area (Å²) in [5.74, 6) is 0. The van der Waals surface area contributed by atoms with Gasteiger partial charge in [-0.05, 0) is 6.42 Å². The van der Waals surface area contributed by atoms with E-state index in [1.165, 1.54) is 25.7 Å². The molecule has 2 heteroatoms. The second-order valence-electron chi connectivity index (χ2n) is 4.09. The number of unbranched alkanes of at least 4 members (excludes halogenated alkanes) is 3. The topological polar surface area (TPSA) is 0 Å². The van der Waals surface area contributed by atoms with Crippen LogP contribution in [-0.4, -0.2) is 15.6 Å². The second kappa shape index (κ2) is 7.30. The van der Waals surface area contributed by atoms with Gasteiger partial charge < -0.3 is 0 Å². The van der Waals surface area contributed by atoms with E-state index in [-0.39, 0.29) is 10.4 Å². The third-order valence-corrected chi connectivity index (χ3v) is 5.43. The molecule has 0 bridgehead atoms. The van der Waals surface area contributed by atoms with Crippen LogP contribution < -0.4 is 0 Å². The lowest BCUT2D eigenvalue weighted by molar-refractivity contribution is 0.589. The van der Waals surface area contributed by atoms with E-state index >= 15 is 0 Å². The van der Waals surface area contributed by atoms with Crippen LogP contribution >= 0.6 is 11.6 Å². The minimum Gasteiger partial charge on any atom is -0.122 e. The predicted octanol–water partition coefficient (Wildman–Crippen LogP) is 3.46. The molecule has 0 aromatic rings. The molecule has 1 unspecified atom stereocenters. The summed E-state index contributed by atoms with van der Waals surface area (Å²) >= 11 is 6.36. The SMILES string of the molecule is C=CC([SiH3])(C=C)C(Cl)CCCCCC. The number of alkyl halides is 1. The van der Waals surface area contributed by atoms with Gasteiger partial charge in [0.1, 0.15) is 0 Å². The fourth-order valence-corrected chi connectivity index (χ4v) is 2.02. The molecule has 0 spiro atoms. The highest BCUT2D eigenvalue weighted by Gasteiger charge is 2.25. The zero-order valence-corrected chi connectivity index (χ0v) is 12.3. The van der Waals surface area contributed by atoms with Gasteiger partial charge in [0.2, 0.25) is 0 Å². The zero-order valence-electron chi connectivity index (χ0n) is 9.56. The number of hydrogen-bond acceptors (Lipinski definition) is 0. The average molecular weight is 231 g/mol. The van der Waals surface area contributed by atoms with E-state index in [4.69, 9.17) is 11.6 Å². The van der Waals surface area contributed by atoms with E-state index in [1.54, 1.807) is 0 Å². The van der Waals surface area contributed by atoms with Crippen LogP contribution in [0.1, 0.15) is 39.0 Å². The Bertz CT molecular complexity index is 169. The van der Waals surface area contributed by atoms with E-state index in [0.29, 0.717) is 0 Å². The highest BCUT2D eigenvalue weighted by molar-refractivity contribution is 6.30. The van der Waals surface area contributed by atoms with Crippen molar-refractivity contribution in [1.82, 2.24) is 0 Å². The van der Waals surface area contributed by atoms with Crippen molar-refractivity contribution in [2.75, 3.05) is 0 Å². The van der Waals surface area contributed by atoms with Crippen molar-refractivity contribution in [3.05, 3.63) is 25.3 Å². The van der Waals surface area contributed by atoms with Crippen molar-refractivity contribution >= 4 is 21.8 Å². The van der Waals surface area contributed by atoms with Crippen LogP contribution in [0.2, 0.25) is 5.04 Å². The Hall–Kier alpha value is -0.0131. The highest BCUT2D eigenvalue weighted by atomic mass is 35.5. The summed E-state index contributed by atoms with van der Waals surface area (Å²) in [5, 5.41) is 0.217. The van der Waals surface area contributed by atoms with E-state index in [2.05, 4.69) is 20.1 Å². The quantitative estimate of drug-likeness (QED) is 0.259. The summed E-state index contributed by atoms with van der Waals surface area (Å²) in [6, 6.07) is 0. The smallest absolute Gasteiger partial charge is 0.0426 e. The van der Waals surface area contributed by atoms with Crippen LogP contribution in [0.4, 0.5) is 0 Å². The van der Waals surface area contributed by atoms with Crippen LogP contribution in [0.15, 0.2) is 25.3 Å². The van der Waals surface area contributed by atoms with E-state index < -0.39 is 0 Å². The Kier molecular flexibility index (Phi) is 7.29. The van der Waals surface area contributed by atoms with Gasteiger partial charge in [0.05, 0.1) is 0 Å². The monoisotopic (exact) mass is 230 g/mol. The molecule has 0 aliphatic rings. The first kappa shape index (κ1) is 14.0. The summed E-state index contributed by atoms with van der Waals surface area (Å²) in [6.07, 6.45) is 10.1. The van der Waals surface area contributed by atoms with Crippen molar-refractivity contribution in [1.29, 1.82) is 0 Å². The van der Waals surface area contributed by atoms with Gasteiger partial charge in [-0.2, -0.15) is 0 Å². The van der Waals surface area contributed by atoms with Crippen molar-refractivity contribution in [3.8, 4) is 0 Å². The van der Waals surface area contributed by atoms with Gasteiger partial charge in [0.15, 0.2) is 0 Å². The molecular formula is C12H23ClSi. The van der Waals surface area contributed by atoms with Gasteiger partial charge in [-0.3, -0.25) is 0 Å². The summed E-state index contributed by atoms with van der Waals surface area (Å²) < 4.78 is 0. The normalized spacial score (nSPS) is 13.9. The fraction of sp³-hybridized carbons (Fsp3) is 0.667. The lowest BCUT2D eigenvalue weighted by atomic mass is 9.98. The molecule has 0 radical (unpaired) electrons. The van der Waals surface area contributed by atoms with Crippen molar-refractivity contribution in [2.24, 2.45) is 0 Å². The van der Waals surface area contributed by atoms with Gasteiger partial charge in [0.25, 0.3) is 0 Å². The molecule has 0 heterocycles. The van der Waals surface area contributed by atoms with E-state index in [1.807, 2.05) is 12.2 Å². The summed E-state index contributed by atoms with van der Waals surface area (Å²) in [5.41, 5.74) is 0. The number of allylic oxidation sites excluding steroid dienone is 2. The molecule has 0 aromatic heterocycles. The molecule has 0 aromatic carbocycles. The Morgan fingerprint density at radius 1 is 1.29 bits per heavy atom. The number of hydrogen-bond donors (Lipinski definition) is 0. The number of halogens is 1. The number of rotatable bonds is 8. The maximum atomic E-state index is 6.36. The Morgan fingerprint density at radius 3 is 2.29 bits per heavy atom. The van der Waals surface area contributed by atoms with E-state index in [0.717, 1.165) is 16.7 Å². The van der Waals surface area contributed by atoms with Gasteiger partial charge in [-0.1, -0.05) is 44.8 Å². The Labute approximate surface area is 96.8 Å². The van der Waals surface area contributed by atoms with Gasteiger partial charge in [-0.15, -0.1) is 24.8 Å². The molecule has 0 aliphatic heterocycles. The van der Waals surface area contributed by atoms with Gasteiger partial charge >= 0.3 is 0 Å². The summed E-state index contributed by atoms with van der Waals surface area (Å²) in [4.78, 5) is 0. The summed E-state index contributed by atoms with van der Waals surface area (Å²) in [6.45, 7) is 9.92. The van der Waals surface area contributed by atoms with E-state index in [9.17, 15) is 0 Å².